The van der Waals surface area contributed by atoms with E-state index in [1.165, 1.54) is 53.4 Å². The number of rotatable bonds is 8. The molecule has 1 aliphatic heterocycles. The lowest BCUT2D eigenvalue weighted by Gasteiger charge is -2.48. The number of benzene rings is 4. The highest BCUT2D eigenvalue weighted by molar-refractivity contribution is 6.59. The largest absolute Gasteiger partial charge is 0.488 e. The lowest BCUT2D eigenvalue weighted by Crippen LogP contribution is -2.57. The van der Waals surface area contributed by atoms with Crippen LogP contribution in [0.15, 0.2) is 97.1 Å². The van der Waals surface area contributed by atoms with Crippen molar-refractivity contribution in [3.63, 3.8) is 0 Å². The molecule has 4 aromatic carbocycles. The second-order valence-corrected chi connectivity index (χ2v) is 9.46. The van der Waals surface area contributed by atoms with Gasteiger partial charge in [-0.1, -0.05) is 60.7 Å². The molecule has 4 aromatic rings. The third-order valence-electron chi connectivity index (χ3n) is 7.12. The van der Waals surface area contributed by atoms with E-state index < -0.39 is 36.8 Å². The maximum Gasteiger partial charge on any atom is 0.488 e. The minimum Gasteiger partial charge on any atom is -0.423 e. The minimum absolute atomic E-state index is 0.210. The first-order valence-electron chi connectivity index (χ1n) is 12.4. The molecule has 5 rings (SSSR count). The lowest BCUT2D eigenvalue weighted by molar-refractivity contribution is -0.131. The summed E-state index contributed by atoms with van der Waals surface area (Å²) in [5, 5.41) is 31.3. The van der Waals surface area contributed by atoms with Crippen LogP contribution in [0.5, 0.6) is 0 Å². The van der Waals surface area contributed by atoms with E-state index in [4.69, 9.17) is 0 Å². The molecule has 0 saturated carbocycles. The maximum atomic E-state index is 13.6. The molecular weight excluding hydrogens is 487 g/mol. The molecule has 1 fully saturated rings. The van der Waals surface area contributed by atoms with E-state index in [1.807, 2.05) is 36.4 Å². The van der Waals surface area contributed by atoms with Crippen molar-refractivity contribution in [1.82, 2.24) is 0 Å². The van der Waals surface area contributed by atoms with Gasteiger partial charge in [0.15, 0.2) is 0 Å². The van der Waals surface area contributed by atoms with Crippen LogP contribution < -0.4 is 10.4 Å². The third-order valence-corrected chi connectivity index (χ3v) is 7.12. The number of carbonyl (C=O) groups is 1. The Hall–Kier alpha value is -3.85. The van der Waals surface area contributed by atoms with Crippen LogP contribution in [-0.4, -0.2) is 28.2 Å². The highest BCUT2D eigenvalue weighted by Crippen LogP contribution is 2.46. The minimum atomic E-state index is -1.79. The summed E-state index contributed by atoms with van der Waals surface area (Å²) in [6.45, 7) is 0. The predicted octanol–water partition coefficient (Wildman–Crippen LogP) is 4.53. The fourth-order valence-electron chi connectivity index (χ4n) is 5.14. The molecule has 0 aliphatic carbocycles. The summed E-state index contributed by atoms with van der Waals surface area (Å²) in [4.78, 5) is 14.9. The zero-order valence-electron chi connectivity index (χ0n) is 20.4. The number of amides is 1. The van der Waals surface area contributed by atoms with Crippen molar-refractivity contribution in [2.75, 3.05) is 4.90 Å². The second kappa shape index (κ2) is 10.9. The summed E-state index contributed by atoms with van der Waals surface area (Å²) in [5.41, 5.74) is 3.55. The van der Waals surface area contributed by atoms with Gasteiger partial charge < -0.3 is 20.1 Å². The van der Waals surface area contributed by atoms with Gasteiger partial charge in [-0.05, 0) is 77.0 Å². The zero-order valence-corrected chi connectivity index (χ0v) is 20.4. The Morgan fingerprint density at radius 3 is 2.08 bits per heavy atom. The molecule has 0 spiro atoms. The van der Waals surface area contributed by atoms with Gasteiger partial charge >= 0.3 is 7.12 Å². The number of aliphatic hydroxyl groups is 1. The maximum absolute atomic E-state index is 13.6. The van der Waals surface area contributed by atoms with E-state index in [0.717, 1.165) is 11.1 Å². The van der Waals surface area contributed by atoms with E-state index in [1.54, 1.807) is 12.1 Å². The molecule has 1 saturated heterocycles. The summed E-state index contributed by atoms with van der Waals surface area (Å²) >= 11 is 0. The van der Waals surface area contributed by atoms with Crippen molar-refractivity contribution in [1.29, 1.82) is 0 Å². The molecule has 3 N–H and O–H groups in total. The quantitative estimate of drug-likeness (QED) is 0.239. The van der Waals surface area contributed by atoms with Gasteiger partial charge in [-0.25, -0.2) is 8.78 Å². The van der Waals surface area contributed by atoms with Gasteiger partial charge in [-0.3, -0.25) is 4.79 Å². The van der Waals surface area contributed by atoms with Crippen LogP contribution in [0.4, 0.5) is 14.5 Å². The van der Waals surface area contributed by atoms with E-state index in [0.29, 0.717) is 23.2 Å². The normalized spacial score (nSPS) is 17.7. The molecule has 0 bridgehead atoms. The number of anilines is 1. The average Bonchev–Trinajstić information content (AvgIpc) is 2.93. The SMILES string of the molecule is O=C1C(CC[C@H](O)c2ccc(F)cc2)C(c2ccc(-c3ccccc3)cc2B(O)O)N1c1ccc(F)cc1. The Kier molecular flexibility index (Phi) is 7.38. The summed E-state index contributed by atoms with van der Waals surface area (Å²) in [7, 11) is -1.79. The first-order valence-corrected chi connectivity index (χ1v) is 12.4. The Morgan fingerprint density at radius 2 is 1.45 bits per heavy atom. The second-order valence-electron chi connectivity index (χ2n) is 9.46. The lowest BCUT2D eigenvalue weighted by atomic mass is 9.68. The number of hydrogen-bond donors (Lipinski definition) is 3. The van der Waals surface area contributed by atoms with Crippen molar-refractivity contribution in [2.45, 2.75) is 25.0 Å². The number of halogens is 2. The van der Waals surface area contributed by atoms with E-state index >= 15 is 0 Å². The molecule has 192 valence electrons. The van der Waals surface area contributed by atoms with Crippen LogP contribution in [0.1, 0.15) is 36.1 Å². The monoisotopic (exact) mass is 513 g/mol. The van der Waals surface area contributed by atoms with Gasteiger partial charge in [-0.2, -0.15) is 0 Å². The van der Waals surface area contributed by atoms with Crippen LogP contribution in [0.3, 0.4) is 0 Å². The number of aliphatic hydroxyl groups excluding tert-OH is 1. The number of hydrogen-bond acceptors (Lipinski definition) is 4. The Bertz CT molecular complexity index is 1410. The van der Waals surface area contributed by atoms with Gasteiger partial charge in [0.2, 0.25) is 5.91 Å². The van der Waals surface area contributed by atoms with E-state index in [2.05, 4.69) is 0 Å². The van der Waals surface area contributed by atoms with Crippen molar-refractivity contribution in [2.24, 2.45) is 5.92 Å². The smallest absolute Gasteiger partial charge is 0.423 e. The Labute approximate surface area is 219 Å². The molecule has 3 atom stereocenters. The molecule has 2 unspecified atom stereocenters. The average molecular weight is 513 g/mol. The molecule has 1 aliphatic rings. The zero-order chi connectivity index (χ0) is 26.8. The van der Waals surface area contributed by atoms with E-state index in [9.17, 15) is 28.7 Å². The van der Waals surface area contributed by atoms with Crippen LogP contribution in [0.25, 0.3) is 11.1 Å². The first kappa shape index (κ1) is 25.8. The van der Waals surface area contributed by atoms with Crippen LogP contribution in [0.2, 0.25) is 0 Å². The molecule has 1 amide bonds. The van der Waals surface area contributed by atoms with Crippen LogP contribution >= 0.6 is 0 Å². The number of carbonyl (C=O) groups excluding carboxylic acids is 1. The van der Waals surface area contributed by atoms with Crippen molar-refractivity contribution in [3.05, 3.63) is 120 Å². The van der Waals surface area contributed by atoms with E-state index in [-0.39, 0.29) is 17.8 Å². The van der Waals surface area contributed by atoms with Gasteiger partial charge in [0, 0.05) is 5.69 Å². The third kappa shape index (κ3) is 5.11. The molecule has 38 heavy (non-hydrogen) atoms. The molecule has 5 nitrogen and oxygen atoms in total. The highest BCUT2D eigenvalue weighted by Gasteiger charge is 2.49. The summed E-state index contributed by atoms with van der Waals surface area (Å²) < 4.78 is 26.9. The van der Waals surface area contributed by atoms with Gasteiger partial charge in [0.25, 0.3) is 0 Å². The van der Waals surface area contributed by atoms with Crippen LogP contribution in [-0.2, 0) is 4.79 Å². The van der Waals surface area contributed by atoms with Crippen molar-refractivity contribution < 1.29 is 28.7 Å². The van der Waals surface area contributed by atoms with Gasteiger partial charge in [0.05, 0.1) is 18.1 Å². The van der Waals surface area contributed by atoms with Gasteiger partial charge in [-0.15, -0.1) is 0 Å². The Balaban J connectivity index is 1.49. The van der Waals surface area contributed by atoms with Gasteiger partial charge in [0.1, 0.15) is 11.6 Å². The molecule has 0 radical (unpaired) electrons. The predicted molar refractivity (Wildman–Crippen MR) is 142 cm³/mol. The highest BCUT2D eigenvalue weighted by atomic mass is 19.1. The molecular formula is C30H26BF2NO4. The van der Waals surface area contributed by atoms with Crippen molar-refractivity contribution in [3.8, 4) is 11.1 Å². The molecule has 1 heterocycles. The fraction of sp³-hybridized carbons (Fsp3) is 0.167. The molecule has 0 aromatic heterocycles. The number of nitrogens with zero attached hydrogens (tertiary/aromatic N) is 1. The first-order chi connectivity index (χ1) is 18.3. The Morgan fingerprint density at radius 1 is 0.816 bits per heavy atom. The standard InChI is InChI=1S/C30H26BF2NO4/c32-22-9-6-20(7-10-22)28(35)17-16-26-29(34(30(26)36)24-13-11-23(33)12-14-24)25-15-8-21(18-27(25)31(37)38)19-4-2-1-3-5-19/h1-15,18,26,28-29,35,37-38H,16-17H2/t26?,28-,29?/m0/s1. The summed E-state index contributed by atoms with van der Waals surface area (Å²) in [5.74, 6) is -1.61. The molecule has 8 heteroatoms. The summed E-state index contributed by atoms with van der Waals surface area (Å²) in [6, 6.07) is 25.4. The van der Waals surface area contributed by atoms with Crippen molar-refractivity contribution >= 4 is 24.2 Å². The topological polar surface area (TPSA) is 81.0 Å². The fourth-order valence-corrected chi connectivity index (χ4v) is 5.14. The number of β-lactam (4-membered cyclic amide) rings is 1. The summed E-state index contributed by atoms with van der Waals surface area (Å²) in [6.07, 6.45) is -0.344. The van der Waals surface area contributed by atoms with Crippen LogP contribution in [0, 0.1) is 17.6 Å².